The molecule has 1 aromatic heterocycles. The molecule has 0 saturated carbocycles. The second kappa shape index (κ2) is 8.57. The molecule has 3 aromatic rings. The molecule has 0 fully saturated rings. The van der Waals surface area contributed by atoms with Gasteiger partial charge in [-0.1, -0.05) is 22.0 Å². The summed E-state index contributed by atoms with van der Waals surface area (Å²) in [5.74, 6) is -0.871. The highest BCUT2D eigenvalue weighted by Crippen LogP contribution is 2.20. The lowest BCUT2D eigenvalue weighted by molar-refractivity contribution is -0.116. The van der Waals surface area contributed by atoms with Crippen molar-refractivity contribution in [3.63, 3.8) is 0 Å². The van der Waals surface area contributed by atoms with Crippen LogP contribution in [0.15, 0.2) is 51.7 Å². The summed E-state index contributed by atoms with van der Waals surface area (Å²) in [5.41, 5.74) is 3.05. The van der Waals surface area contributed by atoms with E-state index in [1.54, 1.807) is 13.0 Å². The van der Waals surface area contributed by atoms with Gasteiger partial charge in [0.1, 0.15) is 12.4 Å². The standard InChI is InChI=1S/C21H20BrFN4O2/c1-12-6-13(2)8-16(7-12)25-21-24-14(3)9-20(29)27(21)11-19(28)26-18-5-4-15(22)10-17(18)23/h4-10H,11H2,1-3H3,(H,24,25)(H,26,28). The summed E-state index contributed by atoms with van der Waals surface area (Å²) in [5, 5.41) is 5.60. The second-order valence-corrected chi connectivity index (χ2v) is 7.73. The molecule has 150 valence electrons. The first-order chi connectivity index (χ1) is 13.7. The summed E-state index contributed by atoms with van der Waals surface area (Å²) in [6, 6.07) is 11.5. The molecule has 0 unspecified atom stereocenters. The van der Waals surface area contributed by atoms with Crippen molar-refractivity contribution in [3.05, 3.63) is 79.9 Å². The molecule has 0 aliphatic heterocycles. The van der Waals surface area contributed by atoms with Gasteiger partial charge in [-0.05, 0) is 62.2 Å². The largest absolute Gasteiger partial charge is 0.325 e. The Kier molecular flexibility index (Phi) is 6.12. The molecule has 1 amide bonds. The Morgan fingerprint density at radius 2 is 1.79 bits per heavy atom. The minimum Gasteiger partial charge on any atom is -0.325 e. The summed E-state index contributed by atoms with van der Waals surface area (Å²) < 4.78 is 15.8. The second-order valence-electron chi connectivity index (χ2n) is 6.82. The van der Waals surface area contributed by atoms with Gasteiger partial charge in [0.05, 0.1) is 5.69 Å². The third kappa shape index (κ3) is 5.29. The van der Waals surface area contributed by atoms with E-state index in [9.17, 15) is 14.0 Å². The van der Waals surface area contributed by atoms with Gasteiger partial charge in [0.25, 0.3) is 5.56 Å². The van der Waals surface area contributed by atoms with E-state index in [-0.39, 0.29) is 23.7 Å². The molecule has 0 atom stereocenters. The Hall–Kier alpha value is -3.00. The summed E-state index contributed by atoms with van der Waals surface area (Å²) in [6.45, 7) is 5.33. The number of benzene rings is 2. The van der Waals surface area contributed by atoms with Crippen molar-refractivity contribution in [1.82, 2.24) is 9.55 Å². The molecular formula is C21H20BrFN4O2. The van der Waals surface area contributed by atoms with Crippen molar-refractivity contribution in [2.75, 3.05) is 10.6 Å². The number of nitrogens with zero attached hydrogens (tertiary/aromatic N) is 2. The number of halogens is 2. The minimum absolute atomic E-state index is 0.0372. The van der Waals surface area contributed by atoms with E-state index in [4.69, 9.17) is 0 Å². The number of rotatable bonds is 5. The van der Waals surface area contributed by atoms with Crippen LogP contribution in [0.3, 0.4) is 0 Å². The first kappa shape index (κ1) is 20.7. The average molecular weight is 459 g/mol. The van der Waals surface area contributed by atoms with Crippen molar-refractivity contribution in [1.29, 1.82) is 0 Å². The Morgan fingerprint density at radius 3 is 2.45 bits per heavy atom. The average Bonchev–Trinajstić information content (AvgIpc) is 2.59. The zero-order valence-electron chi connectivity index (χ0n) is 16.2. The van der Waals surface area contributed by atoms with Crippen LogP contribution in [-0.4, -0.2) is 15.5 Å². The third-order valence-corrected chi connectivity index (χ3v) is 4.61. The van der Waals surface area contributed by atoms with Crippen LogP contribution in [0, 0.1) is 26.6 Å². The lowest BCUT2D eigenvalue weighted by Crippen LogP contribution is -2.30. The molecule has 0 spiro atoms. The van der Waals surface area contributed by atoms with E-state index >= 15 is 0 Å². The van der Waals surface area contributed by atoms with Gasteiger partial charge in [-0.2, -0.15) is 0 Å². The van der Waals surface area contributed by atoms with Crippen molar-refractivity contribution >= 4 is 39.2 Å². The van der Waals surface area contributed by atoms with Gasteiger partial charge >= 0.3 is 0 Å². The number of anilines is 3. The Bertz CT molecular complexity index is 1120. The quantitative estimate of drug-likeness (QED) is 0.591. The number of aryl methyl sites for hydroxylation is 3. The van der Waals surface area contributed by atoms with Crippen LogP contribution >= 0.6 is 15.9 Å². The van der Waals surface area contributed by atoms with Crippen LogP contribution in [-0.2, 0) is 11.3 Å². The van der Waals surface area contributed by atoms with E-state index < -0.39 is 11.7 Å². The van der Waals surface area contributed by atoms with Gasteiger partial charge in [-0.25, -0.2) is 9.37 Å². The summed E-state index contributed by atoms with van der Waals surface area (Å²) >= 11 is 3.17. The van der Waals surface area contributed by atoms with Crippen LogP contribution in [0.4, 0.5) is 21.7 Å². The number of hydrogen-bond donors (Lipinski definition) is 2. The normalized spacial score (nSPS) is 10.7. The highest BCUT2D eigenvalue weighted by Gasteiger charge is 2.14. The Balaban J connectivity index is 1.88. The van der Waals surface area contributed by atoms with Crippen LogP contribution in [0.5, 0.6) is 0 Å². The van der Waals surface area contributed by atoms with Crippen molar-refractivity contribution < 1.29 is 9.18 Å². The summed E-state index contributed by atoms with van der Waals surface area (Å²) in [7, 11) is 0. The predicted octanol–water partition coefficient (Wildman–Crippen LogP) is 4.45. The molecule has 8 heteroatoms. The van der Waals surface area contributed by atoms with Gasteiger partial charge in [0, 0.05) is 21.9 Å². The lowest BCUT2D eigenvalue weighted by Gasteiger charge is -2.15. The molecule has 3 rings (SSSR count). The van der Waals surface area contributed by atoms with Crippen molar-refractivity contribution in [2.45, 2.75) is 27.3 Å². The number of aromatic nitrogens is 2. The number of hydrogen-bond acceptors (Lipinski definition) is 4. The SMILES string of the molecule is Cc1cc(C)cc(Nc2nc(C)cc(=O)n2CC(=O)Nc2ccc(Br)cc2F)c1. The van der Waals surface area contributed by atoms with Crippen LogP contribution in [0.1, 0.15) is 16.8 Å². The molecule has 29 heavy (non-hydrogen) atoms. The molecule has 0 bridgehead atoms. The Morgan fingerprint density at radius 1 is 1.10 bits per heavy atom. The number of nitrogens with one attached hydrogen (secondary N) is 2. The van der Waals surface area contributed by atoms with Crippen molar-refractivity contribution in [3.8, 4) is 0 Å². The number of carbonyl (C=O) groups excluding carboxylic acids is 1. The fraction of sp³-hybridized carbons (Fsp3) is 0.190. The molecule has 6 nitrogen and oxygen atoms in total. The highest BCUT2D eigenvalue weighted by atomic mass is 79.9. The predicted molar refractivity (Wildman–Crippen MR) is 115 cm³/mol. The fourth-order valence-corrected chi connectivity index (χ4v) is 3.30. The zero-order valence-corrected chi connectivity index (χ0v) is 17.8. The van der Waals surface area contributed by atoms with Crippen LogP contribution < -0.4 is 16.2 Å². The smallest absolute Gasteiger partial charge is 0.255 e. The molecule has 0 radical (unpaired) electrons. The molecular weight excluding hydrogens is 439 g/mol. The molecule has 2 aromatic carbocycles. The number of amides is 1. The third-order valence-electron chi connectivity index (χ3n) is 4.12. The maximum absolute atomic E-state index is 14.0. The van der Waals surface area contributed by atoms with E-state index in [0.29, 0.717) is 10.2 Å². The molecule has 0 aliphatic carbocycles. The first-order valence-electron chi connectivity index (χ1n) is 8.90. The van der Waals surface area contributed by atoms with E-state index in [0.717, 1.165) is 16.8 Å². The number of carbonyl (C=O) groups is 1. The topological polar surface area (TPSA) is 76.0 Å². The van der Waals surface area contributed by atoms with Gasteiger partial charge in [-0.15, -0.1) is 0 Å². The monoisotopic (exact) mass is 458 g/mol. The van der Waals surface area contributed by atoms with Crippen LogP contribution in [0.25, 0.3) is 0 Å². The van der Waals surface area contributed by atoms with E-state index in [1.807, 2.05) is 32.0 Å². The zero-order chi connectivity index (χ0) is 21.1. The summed E-state index contributed by atoms with van der Waals surface area (Å²) in [4.78, 5) is 29.3. The van der Waals surface area contributed by atoms with Gasteiger partial charge in [0.15, 0.2) is 0 Å². The molecule has 0 saturated heterocycles. The highest BCUT2D eigenvalue weighted by molar-refractivity contribution is 9.10. The first-order valence-corrected chi connectivity index (χ1v) is 9.69. The minimum atomic E-state index is -0.573. The van der Waals surface area contributed by atoms with Crippen molar-refractivity contribution in [2.24, 2.45) is 0 Å². The molecule has 0 aliphatic rings. The Labute approximate surface area is 175 Å². The molecule has 2 N–H and O–H groups in total. The lowest BCUT2D eigenvalue weighted by atomic mass is 10.1. The fourth-order valence-electron chi connectivity index (χ4n) is 2.97. The van der Waals surface area contributed by atoms with E-state index in [2.05, 4.69) is 31.5 Å². The van der Waals surface area contributed by atoms with E-state index in [1.165, 1.54) is 22.8 Å². The van der Waals surface area contributed by atoms with Gasteiger partial charge in [0.2, 0.25) is 11.9 Å². The van der Waals surface area contributed by atoms with Gasteiger partial charge < -0.3 is 10.6 Å². The van der Waals surface area contributed by atoms with Gasteiger partial charge in [-0.3, -0.25) is 14.2 Å². The maximum Gasteiger partial charge on any atom is 0.255 e. The maximum atomic E-state index is 14.0. The molecule has 1 heterocycles. The summed E-state index contributed by atoms with van der Waals surface area (Å²) in [6.07, 6.45) is 0. The van der Waals surface area contributed by atoms with Crippen LogP contribution in [0.2, 0.25) is 0 Å².